The Hall–Kier alpha value is -1.59. The fourth-order valence-corrected chi connectivity index (χ4v) is 3.35. The molecule has 2 aliphatic rings. The zero-order valence-corrected chi connectivity index (χ0v) is 13.0. The van der Waals surface area contributed by atoms with Gasteiger partial charge in [0.05, 0.1) is 13.2 Å². The standard InChI is InChI=1S/C17H24N2O3/c1-21-14-6-4-12(5-7-14)17(18)13-9-16(20)19(10-13)11-15-3-2-8-22-15/h4-7,13,15,17H,2-3,8-11,18H2,1H3. The molecule has 3 unspecified atom stereocenters. The van der Waals surface area contributed by atoms with Crippen molar-refractivity contribution in [2.24, 2.45) is 11.7 Å². The predicted octanol–water partition coefficient (Wildman–Crippen LogP) is 1.72. The van der Waals surface area contributed by atoms with Crippen LogP contribution in [0.15, 0.2) is 24.3 Å². The smallest absolute Gasteiger partial charge is 0.223 e. The summed E-state index contributed by atoms with van der Waals surface area (Å²) < 4.78 is 10.8. The summed E-state index contributed by atoms with van der Waals surface area (Å²) >= 11 is 0. The summed E-state index contributed by atoms with van der Waals surface area (Å²) in [5.41, 5.74) is 7.43. The van der Waals surface area contributed by atoms with E-state index in [9.17, 15) is 4.79 Å². The lowest BCUT2D eigenvalue weighted by molar-refractivity contribution is -0.129. The van der Waals surface area contributed by atoms with Crippen molar-refractivity contribution in [2.45, 2.75) is 31.4 Å². The van der Waals surface area contributed by atoms with Crippen molar-refractivity contribution in [3.63, 3.8) is 0 Å². The van der Waals surface area contributed by atoms with Crippen LogP contribution in [0.2, 0.25) is 0 Å². The van der Waals surface area contributed by atoms with E-state index in [2.05, 4.69) is 0 Å². The van der Waals surface area contributed by atoms with Gasteiger partial charge in [-0.2, -0.15) is 0 Å². The molecule has 0 aromatic heterocycles. The Labute approximate surface area is 131 Å². The number of nitrogens with zero attached hydrogens (tertiary/aromatic N) is 1. The number of likely N-dealkylation sites (tertiary alicyclic amines) is 1. The Kier molecular flexibility index (Phi) is 4.64. The molecule has 5 heteroatoms. The number of ether oxygens (including phenoxy) is 2. The summed E-state index contributed by atoms with van der Waals surface area (Å²) in [6.45, 7) is 2.26. The highest BCUT2D eigenvalue weighted by atomic mass is 16.5. The molecular weight excluding hydrogens is 280 g/mol. The Balaban J connectivity index is 1.60. The predicted molar refractivity (Wildman–Crippen MR) is 83.6 cm³/mol. The summed E-state index contributed by atoms with van der Waals surface area (Å²) in [6, 6.07) is 7.67. The van der Waals surface area contributed by atoms with Gasteiger partial charge in [-0.3, -0.25) is 4.79 Å². The largest absolute Gasteiger partial charge is 0.497 e. The van der Waals surface area contributed by atoms with Gasteiger partial charge in [0.2, 0.25) is 5.91 Å². The lowest BCUT2D eigenvalue weighted by Gasteiger charge is -2.22. The van der Waals surface area contributed by atoms with Crippen molar-refractivity contribution in [3.8, 4) is 5.75 Å². The van der Waals surface area contributed by atoms with Gasteiger partial charge in [0, 0.05) is 38.1 Å². The van der Waals surface area contributed by atoms with Gasteiger partial charge >= 0.3 is 0 Å². The molecule has 0 aliphatic carbocycles. The molecule has 2 saturated heterocycles. The van der Waals surface area contributed by atoms with Gasteiger partial charge in [0.25, 0.3) is 0 Å². The topological polar surface area (TPSA) is 64.8 Å². The zero-order chi connectivity index (χ0) is 15.5. The molecule has 2 fully saturated rings. The van der Waals surface area contributed by atoms with Crippen LogP contribution in [0.3, 0.4) is 0 Å². The quantitative estimate of drug-likeness (QED) is 0.899. The third-order valence-electron chi connectivity index (χ3n) is 4.70. The molecule has 120 valence electrons. The van der Waals surface area contributed by atoms with E-state index < -0.39 is 0 Å². The second kappa shape index (κ2) is 6.67. The van der Waals surface area contributed by atoms with Crippen LogP contribution >= 0.6 is 0 Å². The van der Waals surface area contributed by atoms with Crippen molar-refractivity contribution in [1.82, 2.24) is 4.90 Å². The van der Waals surface area contributed by atoms with Crippen LogP contribution in [0, 0.1) is 5.92 Å². The normalized spacial score (nSPS) is 26.5. The van der Waals surface area contributed by atoms with E-state index in [0.29, 0.717) is 13.0 Å². The van der Waals surface area contributed by atoms with Crippen molar-refractivity contribution in [1.29, 1.82) is 0 Å². The molecule has 3 atom stereocenters. The first-order valence-corrected chi connectivity index (χ1v) is 7.96. The fourth-order valence-electron chi connectivity index (χ4n) is 3.35. The number of nitrogens with two attached hydrogens (primary N) is 1. The van der Waals surface area contributed by atoms with Gasteiger partial charge in [0.15, 0.2) is 0 Å². The molecule has 2 aliphatic heterocycles. The Morgan fingerprint density at radius 2 is 2.18 bits per heavy atom. The first-order valence-electron chi connectivity index (χ1n) is 7.96. The van der Waals surface area contributed by atoms with Gasteiger partial charge in [-0.15, -0.1) is 0 Å². The van der Waals surface area contributed by atoms with Gasteiger partial charge in [-0.1, -0.05) is 12.1 Å². The monoisotopic (exact) mass is 304 g/mol. The molecule has 0 bridgehead atoms. The number of hydrogen-bond donors (Lipinski definition) is 1. The highest BCUT2D eigenvalue weighted by Crippen LogP contribution is 2.30. The fraction of sp³-hybridized carbons (Fsp3) is 0.588. The number of methoxy groups -OCH3 is 1. The molecular formula is C17H24N2O3. The average Bonchev–Trinajstić information content (AvgIpc) is 3.18. The third kappa shape index (κ3) is 3.25. The van der Waals surface area contributed by atoms with Crippen molar-refractivity contribution in [3.05, 3.63) is 29.8 Å². The summed E-state index contributed by atoms with van der Waals surface area (Å²) in [5.74, 6) is 1.19. The maximum atomic E-state index is 12.2. The highest BCUT2D eigenvalue weighted by molar-refractivity contribution is 5.78. The van der Waals surface area contributed by atoms with Crippen molar-refractivity contribution >= 4 is 5.91 Å². The summed E-state index contributed by atoms with van der Waals surface area (Å²) in [6.07, 6.45) is 2.89. The molecule has 1 aromatic carbocycles. The van der Waals surface area contributed by atoms with Crippen molar-refractivity contribution in [2.75, 3.05) is 26.8 Å². The van der Waals surface area contributed by atoms with Crippen LogP contribution < -0.4 is 10.5 Å². The summed E-state index contributed by atoms with van der Waals surface area (Å²) in [5, 5.41) is 0. The van der Waals surface area contributed by atoms with Gasteiger partial charge < -0.3 is 20.1 Å². The van der Waals surface area contributed by atoms with Crippen LogP contribution in [0.1, 0.15) is 30.9 Å². The zero-order valence-electron chi connectivity index (χ0n) is 13.0. The lowest BCUT2D eigenvalue weighted by atomic mass is 9.93. The van der Waals surface area contributed by atoms with Crippen LogP contribution in [-0.4, -0.2) is 43.7 Å². The van der Waals surface area contributed by atoms with Crippen molar-refractivity contribution < 1.29 is 14.3 Å². The van der Waals surface area contributed by atoms with E-state index in [1.54, 1.807) is 7.11 Å². The van der Waals surface area contributed by atoms with Crippen LogP contribution in [0.5, 0.6) is 5.75 Å². The molecule has 1 amide bonds. The molecule has 2 heterocycles. The van der Waals surface area contributed by atoms with E-state index in [0.717, 1.165) is 37.3 Å². The minimum atomic E-state index is -0.121. The van der Waals surface area contributed by atoms with E-state index >= 15 is 0 Å². The Bertz CT molecular complexity index is 511. The van der Waals surface area contributed by atoms with Crippen LogP contribution in [-0.2, 0) is 9.53 Å². The van der Waals surface area contributed by atoms with E-state index in [1.165, 1.54) is 0 Å². The SMILES string of the molecule is COc1ccc(C(N)C2CC(=O)N(CC3CCCO3)C2)cc1. The number of amides is 1. The first-order chi connectivity index (χ1) is 10.7. The maximum absolute atomic E-state index is 12.2. The molecule has 3 rings (SSSR count). The minimum absolute atomic E-state index is 0.121. The number of rotatable bonds is 5. The molecule has 5 nitrogen and oxygen atoms in total. The number of hydrogen-bond acceptors (Lipinski definition) is 4. The maximum Gasteiger partial charge on any atom is 0.223 e. The van der Waals surface area contributed by atoms with Gasteiger partial charge in [-0.25, -0.2) is 0 Å². The second-order valence-corrected chi connectivity index (χ2v) is 6.20. The Morgan fingerprint density at radius 1 is 1.41 bits per heavy atom. The number of carbonyl (C=O) groups is 1. The van der Waals surface area contributed by atoms with E-state index in [-0.39, 0.29) is 24.0 Å². The van der Waals surface area contributed by atoms with Crippen LogP contribution in [0.25, 0.3) is 0 Å². The second-order valence-electron chi connectivity index (χ2n) is 6.20. The minimum Gasteiger partial charge on any atom is -0.497 e. The van der Waals surface area contributed by atoms with E-state index in [1.807, 2.05) is 29.2 Å². The number of benzene rings is 1. The highest BCUT2D eigenvalue weighted by Gasteiger charge is 2.35. The third-order valence-corrected chi connectivity index (χ3v) is 4.70. The molecule has 2 N–H and O–H groups in total. The average molecular weight is 304 g/mol. The first kappa shape index (κ1) is 15.3. The molecule has 1 aromatic rings. The van der Waals surface area contributed by atoms with Gasteiger partial charge in [-0.05, 0) is 30.5 Å². The summed E-state index contributed by atoms with van der Waals surface area (Å²) in [7, 11) is 1.65. The summed E-state index contributed by atoms with van der Waals surface area (Å²) in [4.78, 5) is 14.1. The molecule has 0 saturated carbocycles. The number of carbonyl (C=O) groups excluding carboxylic acids is 1. The Morgan fingerprint density at radius 3 is 2.82 bits per heavy atom. The molecule has 22 heavy (non-hydrogen) atoms. The van der Waals surface area contributed by atoms with Crippen LogP contribution in [0.4, 0.5) is 0 Å². The lowest BCUT2D eigenvalue weighted by Crippen LogP contribution is -2.34. The van der Waals surface area contributed by atoms with E-state index in [4.69, 9.17) is 15.2 Å². The molecule has 0 radical (unpaired) electrons. The molecule has 0 spiro atoms. The van der Waals surface area contributed by atoms with Gasteiger partial charge in [0.1, 0.15) is 5.75 Å².